The van der Waals surface area contributed by atoms with E-state index < -0.39 is 0 Å². The van der Waals surface area contributed by atoms with E-state index in [2.05, 4.69) is 6.07 Å². The van der Waals surface area contributed by atoms with Gasteiger partial charge >= 0.3 is 0 Å². The molecule has 1 rings (SSSR count). The summed E-state index contributed by atoms with van der Waals surface area (Å²) < 4.78 is 0. The summed E-state index contributed by atoms with van der Waals surface area (Å²) in [6.45, 7) is 0. The van der Waals surface area contributed by atoms with Crippen LogP contribution in [0.1, 0.15) is 11.5 Å². The Balaban J connectivity index is 2.45. The summed E-state index contributed by atoms with van der Waals surface area (Å²) in [7, 11) is 3.48. The molecule has 4 heteroatoms. The van der Waals surface area contributed by atoms with Crippen LogP contribution in [0.2, 0.25) is 0 Å². The van der Waals surface area contributed by atoms with E-state index in [4.69, 9.17) is 5.26 Å². The quantitative estimate of drug-likeness (QED) is 0.801. The van der Waals surface area contributed by atoms with Crippen LogP contribution >= 0.6 is 11.8 Å². The second kappa shape index (κ2) is 6.97. The number of hydrogen-bond acceptors (Lipinski definition) is 3. The fraction of sp³-hybridized carbons (Fsp3) is 0.385. The zero-order valence-corrected chi connectivity index (χ0v) is 10.9. The van der Waals surface area contributed by atoms with Gasteiger partial charge in [0.05, 0.1) is 17.7 Å². The van der Waals surface area contributed by atoms with Crippen molar-refractivity contribution in [1.29, 1.82) is 5.26 Å². The number of carbonyl (C=O) groups excluding carboxylic acids is 1. The Bertz CT molecular complexity index is 398. The molecule has 0 bridgehead atoms. The molecule has 0 saturated carbocycles. The first-order valence-electron chi connectivity index (χ1n) is 5.37. The van der Waals surface area contributed by atoms with Crippen molar-refractivity contribution < 1.29 is 4.79 Å². The third-order valence-corrected chi connectivity index (χ3v) is 3.39. The minimum absolute atomic E-state index is 0.0831. The van der Waals surface area contributed by atoms with Gasteiger partial charge in [-0.05, 0) is 5.56 Å². The molecule has 0 spiro atoms. The van der Waals surface area contributed by atoms with Crippen molar-refractivity contribution in [1.82, 2.24) is 4.90 Å². The highest BCUT2D eigenvalue weighted by Gasteiger charge is 2.11. The number of nitriles is 1. The van der Waals surface area contributed by atoms with E-state index in [-0.39, 0.29) is 11.8 Å². The summed E-state index contributed by atoms with van der Waals surface area (Å²) in [6, 6.07) is 12.0. The van der Waals surface area contributed by atoms with E-state index in [1.165, 1.54) is 11.8 Å². The fourth-order valence-electron chi connectivity index (χ4n) is 1.29. The largest absolute Gasteiger partial charge is 0.348 e. The highest BCUT2D eigenvalue weighted by atomic mass is 32.2. The molecule has 0 aliphatic carbocycles. The van der Waals surface area contributed by atoms with Gasteiger partial charge in [-0.25, -0.2) is 0 Å². The van der Waals surface area contributed by atoms with Crippen LogP contribution in [0.3, 0.4) is 0 Å². The molecule has 0 heterocycles. The van der Waals surface area contributed by atoms with Gasteiger partial charge in [-0.2, -0.15) is 17.0 Å². The van der Waals surface area contributed by atoms with Gasteiger partial charge < -0.3 is 4.90 Å². The van der Waals surface area contributed by atoms with Gasteiger partial charge in [-0.3, -0.25) is 4.79 Å². The molecule has 0 N–H and O–H groups in total. The summed E-state index contributed by atoms with van der Waals surface area (Å²) >= 11 is 1.50. The first-order valence-corrected chi connectivity index (χ1v) is 6.53. The SMILES string of the molecule is CN(C)C(=O)CSCC(C#N)c1ccccc1. The van der Waals surface area contributed by atoms with Gasteiger partial charge in [0.25, 0.3) is 0 Å². The smallest absolute Gasteiger partial charge is 0.232 e. The van der Waals surface area contributed by atoms with Gasteiger partial charge in [0.1, 0.15) is 0 Å². The van der Waals surface area contributed by atoms with Crippen LogP contribution in [0.25, 0.3) is 0 Å². The Hall–Kier alpha value is -1.47. The van der Waals surface area contributed by atoms with Crippen LogP contribution in [-0.4, -0.2) is 36.4 Å². The summed E-state index contributed by atoms with van der Waals surface area (Å²) in [4.78, 5) is 12.9. The molecule has 1 atom stereocenters. The maximum atomic E-state index is 11.4. The van der Waals surface area contributed by atoms with Crippen molar-refractivity contribution in [3.63, 3.8) is 0 Å². The fourth-order valence-corrected chi connectivity index (χ4v) is 2.34. The number of nitrogens with zero attached hydrogens (tertiary/aromatic N) is 2. The summed E-state index contributed by atoms with van der Waals surface area (Å²) in [5, 5.41) is 9.10. The minimum atomic E-state index is -0.142. The van der Waals surface area contributed by atoms with Crippen LogP contribution in [0.4, 0.5) is 0 Å². The standard InChI is InChI=1S/C13H16N2OS/c1-15(2)13(16)10-17-9-12(8-14)11-6-4-3-5-7-11/h3-7,12H,9-10H2,1-2H3. The molecular weight excluding hydrogens is 232 g/mol. The summed E-state index contributed by atoms with van der Waals surface area (Å²) in [5.74, 6) is 1.02. The van der Waals surface area contributed by atoms with Crippen LogP contribution < -0.4 is 0 Å². The van der Waals surface area contributed by atoms with E-state index in [1.54, 1.807) is 19.0 Å². The lowest BCUT2D eigenvalue weighted by molar-refractivity contribution is -0.125. The molecule has 0 aliphatic heterocycles. The zero-order valence-electron chi connectivity index (χ0n) is 10.1. The molecule has 1 unspecified atom stereocenters. The van der Waals surface area contributed by atoms with E-state index in [0.29, 0.717) is 11.5 Å². The average molecular weight is 248 g/mol. The minimum Gasteiger partial charge on any atom is -0.348 e. The highest BCUT2D eigenvalue weighted by molar-refractivity contribution is 7.99. The predicted octanol–water partition coefficient (Wildman–Crippen LogP) is 2.12. The van der Waals surface area contributed by atoms with E-state index in [9.17, 15) is 4.79 Å². The number of thioether (sulfide) groups is 1. The van der Waals surface area contributed by atoms with E-state index in [1.807, 2.05) is 30.3 Å². The lowest BCUT2D eigenvalue weighted by Gasteiger charge is -2.11. The zero-order chi connectivity index (χ0) is 12.7. The van der Waals surface area contributed by atoms with Crippen molar-refractivity contribution in [2.24, 2.45) is 0 Å². The number of rotatable bonds is 5. The van der Waals surface area contributed by atoms with E-state index >= 15 is 0 Å². The monoisotopic (exact) mass is 248 g/mol. The first kappa shape index (κ1) is 13.6. The maximum Gasteiger partial charge on any atom is 0.232 e. The van der Waals surface area contributed by atoms with Crippen LogP contribution in [0.5, 0.6) is 0 Å². The number of amides is 1. The lowest BCUT2D eigenvalue weighted by atomic mass is 10.0. The maximum absolute atomic E-state index is 11.4. The van der Waals surface area contributed by atoms with Crippen LogP contribution in [0.15, 0.2) is 30.3 Å². The third-order valence-electron chi connectivity index (χ3n) is 2.37. The molecule has 90 valence electrons. The van der Waals surface area contributed by atoms with Crippen molar-refractivity contribution in [2.75, 3.05) is 25.6 Å². The van der Waals surface area contributed by atoms with Crippen molar-refractivity contribution in [3.05, 3.63) is 35.9 Å². The molecule has 0 aliphatic rings. The van der Waals surface area contributed by atoms with E-state index in [0.717, 1.165) is 5.56 Å². The van der Waals surface area contributed by atoms with Crippen LogP contribution in [0, 0.1) is 11.3 Å². The molecule has 3 nitrogen and oxygen atoms in total. The molecule has 0 fully saturated rings. The third kappa shape index (κ3) is 4.49. The molecule has 0 aromatic heterocycles. The molecule has 1 amide bonds. The Morgan fingerprint density at radius 1 is 1.41 bits per heavy atom. The molecule has 0 radical (unpaired) electrons. The van der Waals surface area contributed by atoms with Crippen molar-refractivity contribution >= 4 is 17.7 Å². The average Bonchev–Trinajstić information content (AvgIpc) is 2.35. The Morgan fingerprint density at radius 3 is 2.59 bits per heavy atom. The van der Waals surface area contributed by atoms with Crippen molar-refractivity contribution in [3.8, 4) is 6.07 Å². The van der Waals surface area contributed by atoms with Gasteiger partial charge in [0, 0.05) is 19.8 Å². The molecular formula is C13H16N2OS. The summed E-state index contributed by atoms with van der Waals surface area (Å²) in [6.07, 6.45) is 0. The molecule has 1 aromatic carbocycles. The Morgan fingerprint density at radius 2 is 2.06 bits per heavy atom. The van der Waals surface area contributed by atoms with Crippen molar-refractivity contribution in [2.45, 2.75) is 5.92 Å². The normalized spacial score (nSPS) is 11.6. The number of benzene rings is 1. The van der Waals surface area contributed by atoms with Gasteiger partial charge in [-0.1, -0.05) is 30.3 Å². The van der Waals surface area contributed by atoms with Gasteiger partial charge in [-0.15, -0.1) is 0 Å². The van der Waals surface area contributed by atoms with Gasteiger partial charge in [0.2, 0.25) is 5.91 Å². The Labute approximate surface area is 106 Å². The second-order valence-corrected chi connectivity index (χ2v) is 4.93. The predicted molar refractivity (Wildman–Crippen MR) is 70.8 cm³/mol. The molecule has 0 saturated heterocycles. The first-order chi connectivity index (χ1) is 8.15. The topological polar surface area (TPSA) is 44.1 Å². The van der Waals surface area contributed by atoms with Crippen LogP contribution in [-0.2, 0) is 4.79 Å². The molecule has 17 heavy (non-hydrogen) atoms. The Kier molecular flexibility index (Phi) is 5.58. The van der Waals surface area contributed by atoms with Gasteiger partial charge in [0.15, 0.2) is 0 Å². The molecule has 1 aromatic rings. The second-order valence-electron chi connectivity index (χ2n) is 3.90. The highest BCUT2D eigenvalue weighted by Crippen LogP contribution is 2.19. The summed E-state index contributed by atoms with van der Waals surface area (Å²) in [5.41, 5.74) is 1.01. The number of carbonyl (C=O) groups is 1. The lowest BCUT2D eigenvalue weighted by Crippen LogP contribution is -2.23. The number of hydrogen-bond donors (Lipinski definition) is 0.